The number of carbonyl (C=O) groups is 1. The largest absolute Gasteiger partial charge is 0.493 e. The molecule has 0 saturated carbocycles. The second kappa shape index (κ2) is 7.20. The number of rotatable bonds is 4. The summed E-state index contributed by atoms with van der Waals surface area (Å²) < 4.78 is 12.5. The summed E-state index contributed by atoms with van der Waals surface area (Å²) in [6.07, 6.45) is 2.14. The van der Waals surface area contributed by atoms with E-state index in [0.717, 1.165) is 22.4 Å². The van der Waals surface area contributed by atoms with Crippen LogP contribution in [0.3, 0.4) is 0 Å². The van der Waals surface area contributed by atoms with E-state index in [-0.39, 0.29) is 11.8 Å². The van der Waals surface area contributed by atoms with Crippen LogP contribution in [-0.2, 0) is 4.79 Å². The summed E-state index contributed by atoms with van der Waals surface area (Å²) >= 11 is 6.27. The maximum absolute atomic E-state index is 12.5. The van der Waals surface area contributed by atoms with Crippen LogP contribution in [0.1, 0.15) is 29.0 Å². The van der Waals surface area contributed by atoms with Crippen molar-refractivity contribution in [2.24, 2.45) is 0 Å². The van der Waals surface area contributed by atoms with Crippen LogP contribution in [0, 0.1) is 6.92 Å². The molecule has 28 heavy (non-hydrogen) atoms. The number of anilines is 1. The molecule has 2 aromatic carbocycles. The Labute approximate surface area is 168 Å². The molecule has 1 aliphatic rings. The first kappa shape index (κ1) is 18.4. The summed E-state index contributed by atoms with van der Waals surface area (Å²) in [5, 5.41) is 8.16. The molecule has 0 aliphatic carbocycles. The van der Waals surface area contributed by atoms with Crippen LogP contribution >= 0.6 is 11.6 Å². The summed E-state index contributed by atoms with van der Waals surface area (Å²) in [7, 11) is 3.20. The molecule has 1 amide bonds. The predicted octanol–water partition coefficient (Wildman–Crippen LogP) is 4.33. The minimum Gasteiger partial charge on any atom is -0.493 e. The third-order valence-corrected chi connectivity index (χ3v) is 5.51. The predicted molar refractivity (Wildman–Crippen MR) is 108 cm³/mol. The minimum atomic E-state index is -0.128. The van der Waals surface area contributed by atoms with E-state index >= 15 is 0 Å². The maximum Gasteiger partial charge on any atom is 0.226 e. The fourth-order valence-electron chi connectivity index (χ4n) is 3.59. The van der Waals surface area contributed by atoms with Gasteiger partial charge in [0.05, 0.1) is 26.1 Å². The van der Waals surface area contributed by atoms with Crippen molar-refractivity contribution in [3.63, 3.8) is 0 Å². The van der Waals surface area contributed by atoms with Crippen molar-refractivity contribution in [3.05, 3.63) is 64.3 Å². The van der Waals surface area contributed by atoms with Gasteiger partial charge in [0, 0.05) is 22.9 Å². The first-order valence-corrected chi connectivity index (χ1v) is 9.26. The molecule has 0 unspecified atom stereocenters. The van der Waals surface area contributed by atoms with E-state index in [1.165, 1.54) is 0 Å². The molecule has 0 bridgehead atoms. The Morgan fingerprint density at radius 2 is 1.96 bits per heavy atom. The van der Waals surface area contributed by atoms with Gasteiger partial charge in [0.15, 0.2) is 11.5 Å². The van der Waals surface area contributed by atoms with Crippen molar-refractivity contribution in [2.75, 3.05) is 19.5 Å². The standard InChI is InChI=1S/C21H20ClN3O3/c1-12-16(22)5-4-6-17(12)25-21-15(11-23-25)14(10-20(26)24-21)13-7-8-18(27-2)19(9-13)28-3/h4-9,11,14H,10H2,1-3H3,(H,24,26)/t14-/m0/s1. The average Bonchev–Trinajstić information content (AvgIpc) is 3.12. The molecule has 0 spiro atoms. The van der Waals surface area contributed by atoms with E-state index in [9.17, 15) is 4.79 Å². The van der Waals surface area contributed by atoms with Crippen molar-refractivity contribution >= 4 is 23.3 Å². The molecule has 1 aromatic heterocycles. The lowest BCUT2D eigenvalue weighted by atomic mass is 9.87. The molecule has 2 heterocycles. The molecule has 0 fully saturated rings. The number of nitrogens with one attached hydrogen (secondary N) is 1. The van der Waals surface area contributed by atoms with Crippen molar-refractivity contribution in [1.29, 1.82) is 0 Å². The van der Waals surface area contributed by atoms with Gasteiger partial charge >= 0.3 is 0 Å². The summed E-state index contributed by atoms with van der Waals surface area (Å²) in [6, 6.07) is 11.4. The van der Waals surface area contributed by atoms with Crippen LogP contribution in [0.25, 0.3) is 5.69 Å². The monoisotopic (exact) mass is 397 g/mol. The lowest BCUT2D eigenvalue weighted by Gasteiger charge is -2.24. The highest BCUT2D eigenvalue weighted by atomic mass is 35.5. The smallest absolute Gasteiger partial charge is 0.226 e. The molecule has 7 heteroatoms. The van der Waals surface area contributed by atoms with Gasteiger partial charge < -0.3 is 14.8 Å². The Kier molecular flexibility index (Phi) is 4.73. The number of benzene rings is 2. The van der Waals surface area contributed by atoms with Gasteiger partial charge in [0.2, 0.25) is 5.91 Å². The maximum atomic E-state index is 12.5. The van der Waals surface area contributed by atoms with Gasteiger partial charge in [-0.05, 0) is 42.3 Å². The summed E-state index contributed by atoms with van der Waals surface area (Å²) in [4.78, 5) is 12.5. The lowest BCUT2D eigenvalue weighted by Crippen LogP contribution is -2.24. The molecular formula is C21H20ClN3O3. The van der Waals surface area contributed by atoms with Gasteiger partial charge in [-0.3, -0.25) is 4.79 Å². The molecule has 6 nitrogen and oxygen atoms in total. The zero-order valence-corrected chi connectivity index (χ0v) is 16.6. The molecular weight excluding hydrogens is 378 g/mol. The Morgan fingerprint density at radius 3 is 2.71 bits per heavy atom. The molecule has 144 valence electrons. The first-order valence-electron chi connectivity index (χ1n) is 8.88. The number of nitrogens with zero attached hydrogens (tertiary/aromatic N) is 2. The Bertz CT molecular complexity index is 1060. The highest BCUT2D eigenvalue weighted by Crippen LogP contribution is 2.41. The van der Waals surface area contributed by atoms with E-state index in [1.807, 2.05) is 43.3 Å². The number of hydrogen-bond donors (Lipinski definition) is 1. The van der Waals surface area contributed by atoms with Crippen molar-refractivity contribution in [3.8, 4) is 17.2 Å². The van der Waals surface area contributed by atoms with Crippen molar-refractivity contribution < 1.29 is 14.3 Å². The molecule has 4 rings (SSSR count). The van der Waals surface area contributed by atoms with Gasteiger partial charge in [0.25, 0.3) is 0 Å². The fraction of sp³-hybridized carbons (Fsp3) is 0.238. The van der Waals surface area contributed by atoms with Crippen LogP contribution in [0.15, 0.2) is 42.6 Å². The highest BCUT2D eigenvalue weighted by Gasteiger charge is 2.31. The van der Waals surface area contributed by atoms with Crippen LogP contribution in [0.2, 0.25) is 5.02 Å². The average molecular weight is 398 g/mol. The summed E-state index contributed by atoms with van der Waals surface area (Å²) in [5.41, 5.74) is 3.65. The quantitative estimate of drug-likeness (QED) is 0.711. The SMILES string of the molecule is COc1ccc([C@@H]2CC(=O)Nc3c2cnn3-c2cccc(Cl)c2C)cc1OC. The van der Waals surface area contributed by atoms with Crippen LogP contribution < -0.4 is 14.8 Å². The minimum absolute atomic E-state index is 0.0614. The number of aromatic nitrogens is 2. The normalized spacial score (nSPS) is 15.7. The summed E-state index contributed by atoms with van der Waals surface area (Å²) in [5.74, 6) is 1.76. The van der Waals surface area contributed by atoms with Gasteiger partial charge in [0.1, 0.15) is 5.82 Å². The van der Waals surface area contributed by atoms with Crippen molar-refractivity contribution in [1.82, 2.24) is 9.78 Å². The molecule has 1 atom stereocenters. The zero-order chi connectivity index (χ0) is 19.8. The van der Waals surface area contributed by atoms with E-state index in [1.54, 1.807) is 25.1 Å². The van der Waals surface area contributed by atoms with E-state index < -0.39 is 0 Å². The van der Waals surface area contributed by atoms with Gasteiger partial charge in [-0.25, -0.2) is 4.68 Å². The van der Waals surface area contributed by atoms with E-state index in [0.29, 0.717) is 28.8 Å². The van der Waals surface area contributed by atoms with Crippen molar-refractivity contribution in [2.45, 2.75) is 19.3 Å². The van der Waals surface area contributed by atoms with E-state index in [2.05, 4.69) is 10.4 Å². The third-order valence-electron chi connectivity index (χ3n) is 5.10. The number of hydrogen-bond acceptors (Lipinski definition) is 4. The number of halogens is 1. The number of methoxy groups -OCH3 is 2. The second-order valence-corrected chi connectivity index (χ2v) is 7.07. The summed E-state index contributed by atoms with van der Waals surface area (Å²) in [6.45, 7) is 1.93. The van der Waals surface area contributed by atoms with Crippen LogP contribution in [0.5, 0.6) is 11.5 Å². The second-order valence-electron chi connectivity index (χ2n) is 6.66. The van der Waals surface area contributed by atoms with E-state index in [4.69, 9.17) is 21.1 Å². The number of fused-ring (bicyclic) bond motifs is 1. The molecule has 1 N–H and O–H groups in total. The zero-order valence-electron chi connectivity index (χ0n) is 15.8. The molecule has 0 radical (unpaired) electrons. The molecule has 3 aromatic rings. The van der Waals surface area contributed by atoms with Gasteiger partial charge in [-0.1, -0.05) is 23.7 Å². The van der Waals surface area contributed by atoms with Gasteiger partial charge in [-0.2, -0.15) is 5.10 Å². The topological polar surface area (TPSA) is 65.4 Å². The first-order chi connectivity index (χ1) is 13.5. The Morgan fingerprint density at radius 1 is 1.18 bits per heavy atom. The number of amides is 1. The molecule has 0 saturated heterocycles. The lowest BCUT2D eigenvalue weighted by molar-refractivity contribution is -0.116. The Hall–Kier alpha value is -2.99. The van der Waals surface area contributed by atoms with Crippen LogP contribution in [-0.4, -0.2) is 29.9 Å². The number of carbonyl (C=O) groups excluding carboxylic acids is 1. The Balaban J connectivity index is 1.82. The van der Waals surface area contributed by atoms with Gasteiger partial charge in [-0.15, -0.1) is 0 Å². The van der Waals surface area contributed by atoms with Crippen LogP contribution in [0.4, 0.5) is 5.82 Å². The number of ether oxygens (including phenoxy) is 2. The molecule has 1 aliphatic heterocycles. The fourth-order valence-corrected chi connectivity index (χ4v) is 3.76. The highest BCUT2D eigenvalue weighted by molar-refractivity contribution is 6.31. The third kappa shape index (κ3) is 2.99.